The van der Waals surface area contributed by atoms with E-state index >= 15 is 0 Å². The first-order valence-corrected chi connectivity index (χ1v) is 8.29. The maximum absolute atomic E-state index is 12.6. The third kappa shape index (κ3) is 2.84. The molecule has 3 heterocycles. The lowest BCUT2D eigenvalue weighted by atomic mass is 9.97. The second-order valence-corrected chi connectivity index (χ2v) is 5.76. The molecule has 0 spiro atoms. The molecular formula is C18H22N2O4. The summed E-state index contributed by atoms with van der Waals surface area (Å²) in [6.45, 7) is 4.17. The van der Waals surface area contributed by atoms with Crippen LogP contribution in [0, 0.1) is 5.92 Å². The van der Waals surface area contributed by atoms with Crippen molar-refractivity contribution < 1.29 is 19.1 Å². The molecule has 3 aliphatic heterocycles. The predicted molar refractivity (Wildman–Crippen MR) is 89.1 cm³/mol. The van der Waals surface area contributed by atoms with Gasteiger partial charge in [0.1, 0.15) is 0 Å². The van der Waals surface area contributed by atoms with Gasteiger partial charge in [-0.25, -0.2) is 9.59 Å². The molecule has 0 aromatic carbocycles. The highest BCUT2D eigenvalue weighted by molar-refractivity contribution is 5.73. The number of carbonyl (C=O) groups is 2. The number of hydrogen-bond donors (Lipinski definition) is 0. The molecule has 0 saturated heterocycles. The van der Waals surface area contributed by atoms with Crippen LogP contribution in [-0.2, 0) is 9.47 Å². The van der Waals surface area contributed by atoms with Crippen LogP contribution in [0.15, 0.2) is 48.7 Å². The molecule has 0 N–H and O–H groups in total. The summed E-state index contributed by atoms with van der Waals surface area (Å²) in [5.41, 5.74) is 0. The lowest BCUT2D eigenvalue weighted by Crippen LogP contribution is -2.56. The van der Waals surface area contributed by atoms with Gasteiger partial charge in [-0.2, -0.15) is 0 Å². The second-order valence-electron chi connectivity index (χ2n) is 5.76. The van der Waals surface area contributed by atoms with E-state index in [1.54, 1.807) is 29.8 Å². The molecule has 4 atom stereocenters. The van der Waals surface area contributed by atoms with Crippen molar-refractivity contribution in [2.24, 2.45) is 5.92 Å². The van der Waals surface area contributed by atoms with E-state index in [9.17, 15) is 9.59 Å². The van der Waals surface area contributed by atoms with Gasteiger partial charge < -0.3 is 9.47 Å². The maximum Gasteiger partial charge on any atom is 0.414 e. The Morgan fingerprint density at radius 3 is 2.21 bits per heavy atom. The average Bonchev–Trinajstić information content (AvgIpc) is 2.97. The van der Waals surface area contributed by atoms with Crippen molar-refractivity contribution in [2.75, 3.05) is 13.2 Å². The normalized spacial score (nSPS) is 29.9. The zero-order valence-electron chi connectivity index (χ0n) is 13.9. The molecule has 0 aromatic rings. The molecule has 6 nitrogen and oxygen atoms in total. The molecule has 3 rings (SSSR count). The highest BCUT2D eigenvalue weighted by Crippen LogP contribution is 2.33. The van der Waals surface area contributed by atoms with Crippen molar-refractivity contribution in [3.63, 3.8) is 0 Å². The first-order chi connectivity index (χ1) is 11.7. The molecule has 0 radical (unpaired) electrons. The summed E-state index contributed by atoms with van der Waals surface area (Å²) in [7, 11) is 0. The van der Waals surface area contributed by atoms with Crippen molar-refractivity contribution in [1.82, 2.24) is 9.80 Å². The van der Waals surface area contributed by atoms with Crippen molar-refractivity contribution in [3.8, 4) is 0 Å². The molecule has 2 amide bonds. The van der Waals surface area contributed by atoms with Crippen LogP contribution in [0.2, 0.25) is 0 Å². The largest absolute Gasteiger partial charge is 0.450 e. The Bertz CT molecular complexity index is 623. The third-order valence-electron chi connectivity index (χ3n) is 4.39. The Morgan fingerprint density at radius 2 is 1.50 bits per heavy atom. The number of hydrogen-bond acceptors (Lipinski definition) is 4. The van der Waals surface area contributed by atoms with Gasteiger partial charge in [-0.05, 0) is 13.8 Å². The van der Waals surface area contributed by atoms with Crippen LogP contribution in [0.3, 0.4) is 0 Å². The molecule has 0 saturated carbocycles. The standard InChI is InChI=1S/C18H22N2O4/c1-3-23-17(21)19-12-11-13-9-10-15(19)16-8-6-5-7-14(13)20(16)18(22)24-4-2/h5-16H,3-4H2,1-2H3/t13-,14-,15+,16-/m0/s1. The molecule has 128 valence electrons. The number of allylic oxidation sites excluding steroid dienone is 2. The molecule has 0 aromatic heterocycles. The predicted octanol–water partition coefficient (Wildman–Crippen LogP) is 2.85. The van der Waals surface area contributed by atoms with Gasteiger partial charge in [-0.1, -0.05) is 42.5 Å². The summed E-state index contributed by atoms with van der Waals surface area (Å²) in [4.78, 5) is 28.2. The Morgan fingerprint density at radius 1 is 0.833 bits per heavy atom. The number of nitrogens with zero attached hydrogens (tertiary/aromatic N) is 2. The van der Waals surface area contributed by atoms with Crippen LogP contribution in [0.25, 0.3) is 0 Å². The summed E-state index contributed by atoms with van der Waals surface area (Å²) in [5.74, 6) is -0.0301. The van der Waals surface area contributed by atoms with Crippen LogP contribution in [0.5, 0.6) is 0 Å². The van der Waals surface area contributed by atoms with E-state index in [0.29, 0.717) is 13.2 Å². The Hall–Kier alpha value is -2.50. The van der Waals surface area contributed by atoms with E-state index in [-0.39, 0.29) is 30.1 Å². The van der Waals surface area contributed by atoms with Gasteiger partial charge in [0.05, 0.1) is 31.3 Å². The molecule has 0 unspecified atom stereocenters. The Labute approximate surface area is 141 Å². The minimum Gasteiger partial charge on any atom is -0.450 e. The fourth-order valence-corrected chi connectivity index (χ4v) is 3.35. The molecule has 24 heavy (non-hydrogen) atoms. The summed E-state index contributed by atoms with van der Waals surface area (Å²) in [6, 6.07) is -0.804. The minimum atomic E-state index is -0.420. The van der Waals surface area contributed by atoms with Crippen LogP contribution in [0.1, 0.15) is 13.8 Å². The first-order valence-electron chi connectivity index (χ1n) is 8.29. The highest BCUT2D eigenvalue weighted by Gasteiger charge is 2.43. The summed E-state index contributed by atoms with van der Waals surface area (Å²) >= 11 is 0. The number of ether oxygens (including phenoxy) is 2. The van der Waals surface area contributed by atoms with Gasteiger partial charge in [0, 0.05) is 12.1 Å². The topological polar surface area (TPSA) is 59.1 Å². The first kappa shape index (κ1) is 16.4. The number of amides is 2. The van der Waals surface area contributed by atoms with Crippen molar-refractivity contribution in [3.05, 3.63) is 48.7 Å². The van der Waals surface area contributed by atoms with Crippen molar-refractivity contribution in [2.45, 2.75) is 32.0 Å². The van der Waals surface area contributed by atoms with Gasteiger partial charge in [-0.15, -0.1) is 0 Å². The quantitative estimate of drug-likeness (QED) is 0.731. The number of fused-ring (bicyclic) bond motifs is 6. The summed E-state index contributed by atoms with van der Waals surface area (Å²) in [6.07, 6.45) is 14.7. The van der Waals surface area contributed by atoms with Gasteiger partial charge in [0.15, 0.2) is 0 Å². The Kier molecular flexibility index (Phi) is 4.74. The zero-order chi connectivity index (χ0) is 17.1. The van der Waals surface area contributed by atoms with Crippen LogP contribution in [0.4, 0.5) is 9.59 Å². The van der Waals surface area contributed by atoms with E-state index in [2.05, 4.69) is 0 Å². The molecule has 0 fully saturated rings. The van der Waals surface area contributed by atoms with Crippen molar-refractivity contribution >= 4 is 12.2 Å². The van der Waals surface area contributed by atoms with Gasteiger partial charge in [0.2, 0.25) is 0 Å². The van der Waals surface area contributed by atoms with E-state index in [4.69, 9.17) is 9.47 Å². The van der Waals surface area contributed by atoms with E-state index in [0.717, 1.165) is 0 Å². The highest BCUT2D eigenvalue weighted by atomic mass is 16.6. The van der Waals surface area contributed by atoms with Gasteiger partial charge in [-0.3, -0.25) is 9.80 Å². The van der Waals surface area contributed by atoms with Crippen LogP contribution >= 0.6 is 0 Å². The molecule has 4 bridgehead atoms. The van der Waals surface area contributed by atoms with Gasteiger partial charge in [0.25, 0.3) is 0 Å². The van der Waals surface area contributed by atoms with Crippen molar-refractivity contribution in [1.29, 1.82) is 0 Å². The van der Waals surface area contributed by atoms with Crippen LogP contribution < -0.4 is 0 Å². The SMILES string of the molecule is CCOC(=O)N1C=C[C@@H]2C=C[C@@H]1[C@@H]1C=CC=C[C@@H]2N1C(=O)OCC. The fraction of sp³-hybridized carbons (Fsp3) is 0.444. The molecular weight excluding hydrogens is 308 g/mol. The fourth-order valence-electron chi connectivity index (χ4n) is 3.35. The van der Waals surface area contributed by atoms with E-state index < -0.39 is 6.09 Å². The van der Waals surface area contributed by atoms with Gasteiger partial charge >= 0.3 is 12.2 Å². The summed E-state index contributed by atoms with van der Waals surface area (Å²) < 4.78 is 10.4. The number of carbonyl (C=O) groups excluding carboxylic acids is 2. The zero-order valence-corrected chi connectivity index (χ0v) is 13.9. The summed E-state index contributed by atoms with van der Waals surface area (Å²) in [5, 5.41) is 0. The molecule has 0 aliphatic carbocycles. The van der Waals surface area contributed by atoms with E-state index in [1.807, 2.05) is 42.5 Å². The van der Waals surface area contributed by atoms with E-state index in [1.165, 1.54) is 0 Å². The monoisotopic (exact) mass is 330 g/mol. The minimum absolute atomic E-state index is 0.0301. The molecule has 3 aliphatic rings. The lowest BCUT2D eigenvalue weighted by molar-refractivity contribution is 0.0618. The second kappa shape index (κ2) is 6.95. The number of rotatable bonds is 2. The van der Waals surface area contributed by atoms with Crippen LogP contribution in [-0.4, -0.2) is 53.3 Å². The smallest absolute Gasteiger partial charge is 0.414 e. The maximum atomic E-state index is 12.6. The lowest BCUT2D eigenvalue weighted by Gasteiger charge is -2.41. The average molecular weight is 330 g/mol. The third-order valence-corrected chi connectivity index (χ3v) is 4.39. The Balaban J connectivity index is 2.03. The molecule has 6 heteroatoms.